The number of aldehydes is 1. The number of hydrogen-bond donors (Lipinski definition) is 3. The largest absolute Gasteiger partial charge is 0.507 e. The van der Waals surface area contributed by atoms with Crippen LogP contribution >= 0.6 is 0 Å². The number of hydrogen-bond acceptors (Lipinski definition) is 7. The fraction of sp³-hybridized carbons (Fsp3) is 0.394. The quantitative estimate of drug-likeness (QED) is 0.203. The molecule has 0 spiro atoms. The van der Waals surface area contributed by atoms with Crippen molar-refractivity contribution in [1.29, 1.82) is 0 Å². The molecule has 0 atom stereocenters. The van der Waals surface area contributed by atoms with Gasteiger partial charge in [-0.05, 0) is 99.6 Å². The van der Waals surface area contributed by atoms with Crippen LogP contribution in [0.4, 0.5) is 5.69 Å². The summed E-state index contributed by atoms with van der Waals surface area (Å²) in [5.74, 6) is 0.883. The molecule has 0 saturated heterocycles. The number of likely N-dealkylation sites (N-methyl/N-ethyl adjacent to an activating group) is 1. The summed E-state index contributed by atoms with van der Waals surface area (Å²) >= 11 is 0. The Bertz CT molecular complexity index is 1270. The number of nitrogens with one attached hydrogen (secondary N) is 2. The highest BCUT2D eigenvalue weighted by Gasteiger charge is 2.21. The first-order valence-corrected chi connectivity index (χ1v) is 13.8. The highest BCUT2D eigenvalue weighted by atomic mass is 16.5. The summed E-state index contributed by atoms with van der Waals surface area (Å²) < 4.78 is 10.2. The number of aromatic hydroxyl groups is 1. The zero-order valence-corrected chi connectivity index (χ0v) is 24.9. The van der Waals surface area contributed by atoms with E-state index in [-0.39, 0.29) is 11.5 Å². The maximum absolute atomic E-state index is 12.2. The second-order valence-corrected chi connectivity index (χ2v) is 9.72. The minimum Gasteiger partial charge on any atom is -0.507 e. The number of aryl methyl sites for hydroxylation is 1. The third kappa shape index (κ3) is 8.85. The van der Waals surface area contributed by atoms with Crippen molar-refractivity contribution in [2.24, 2.45) is 0 Å². The average molecular weight is 549 g/mol. The van der Waals surface area contributed by atoms with Gasteiger partial charge in [-0.3, -0.25) is 4.79 Å². The van der Waals surface area contributed by atoms with Gasteiger partial charge in [0.15, 0.2) is 6.29 Å². The molecule has 1 aliphatic carbocycles. The van der Waals surface area contributed by atoms with Crippen LogP contribution in [0.5, 0.6) is 11.5 Å². The number of benzene rings is 2. The first kappa shape index (κ1) is 32.4. The molecule has 216 valence electrons. The number of Topliss-reactive ketones (excluding diaryl/α,β-unsaturated/α-hetero) is 1. The first-order valence-electron chi connectivity index (χ1n) is 13.8. The van der Waals surface area contributed by atoms with Gasteiger partial charge in [0, 0.05) is 62.3 Å². The Morgan fingerprint density at radius 2 is 1.75 bits per heavy atom. The number of phenolic OH excluding ortho intramolecular Hbond substituents is 1. The standard InChI is InChI=1S/C31H38N2O4.C2H6O/c1-6-32-28-13-11-23(15-20(28)3)31(27-16-21(4)29(33-7-2)18-30(27)36)26-17-25(12-10-24(26)19-34)37-14-8-9-22(5)35;1-3-2/h10,12-13,15-19,32-33,36H,6-9,11,14H2,1-5H3;1-2H3/b31-23+;. The molecule has 7 nitrogen and oxygen atoms in total. The Labute approximate surface area is 239 Å². The van der Waals surface area contributed by atoms with Crippen LogP contribution in [0.25, 0.3) is 5.57 Å². The molecule has 2 aromatic carbocycles. The van der Waals surface area contributed by atoms with E-state index in [1.807, 2.05) is 26.0 Å². The predicted octanol–water partition coefficient (Wildman–Crippen LogP) is 6.60. The van der Waals surface area contributed by atoms with E-state index in [1.165, 1.54) is 0 Å². The van der Waals surface area contributed by atoms with Crippen molar-refractivity contribution in [2.45, 2.75) is 53.9 Å². The lowest BCUT2D eigenvalue weighted by atomic mass is 9.85. The smallest absolute Gasteiger partial charge is 0.150 e. The second kappa shape index (κ2) is 16.3. The van der Waals surface area contributed by atoms with E-state index in [2.05, 4.69) is 41.4 Å². The van der Waals surface area contributed by atoms with Crippen molar-refractivity contribution in [2.75, 3.05) is 39.2 Å². The minimum absolute atomic E-state index is 0.129. The molecule has 0 radical (unpaired) electrons. The van der Waals surface area contributed by atoms with Crippen LogP contribution in [0.15, 0.2) is 59.3 Å². The van der Waals surface area contributed by atoms with Crippen LogP contribution in [0, 0.1) is 6.92 Å². The summed E-state index contributed by atoms with van der Waals surface area (Å²) in [6, 6.07) is 9.10. The molecule has 3 rings (SSSR count). The number of carbonyl (C=O) groups is 2. The molecule has 7 heteroatoms. The van der Waals surface area contributed by atoms with Gasteiger partial charge in [0.05, 0.1) is 6.61 Å². The third-order valence-corrected chi connectivity index (χ3v) is 6.37. The van der Waals surface area contributed by atoms with Crippen LogP contribution in [0.3, 0.4) is 0 Å². The molecule has 1 aliphatic rings. The van der Waals surface area contributed by atoms with Crippen LogP contribution in [-0.4, -0.2) is 51.1 Å². The fourth-order valence-corrected chi connectivity index (χ4v) is 4.57. The second-order valence-electron chi connectivity index (χ2n) is 9.72. The number of carbonyl (C=O) groups excluding carboxylic acids is 2. The maximum Gasteiger partial charge on any atom is 0.150 e. The summed E-state index contributed by atoms with van der Waals surface area (Å²) in [5, 5.41) is 17.9. The van der Waals surface area contributed by atoms with E-state index in [4.69, 9.17) is 4.74 Å². The van der Waals surface area contributed by atoms with Gasteiger partial charge in [-0.25, -0.2) is 0 Å². The number of allylic oxidation sites excluding steroid dienone is 4. The molecular formula is C33H44N2O5. The summed E-state index contributed by atoms with van der Waals surface area (Å²) in [5.41, 5.74) is 7.72. The van der Waals surface area contributed by atoms with Gasteiger partial charge in [-0.15, -0.1) is 0 Å². The summed E-state index contributed by atoms with van der Waals surface area (Å²) in [4.78, 5) is 23.5. The predicted molar refractivity (Wildman–Crippen MR) is 163 cm³/mol. The topological polar surface area (TPSA) is 96.9 Å². The highest BCUT2D eigenvalue weighted by Crippen LogP contribution is 2.41. The molecule has 0 aliphatic heterocycles. The Morgan fingerprint density at radius 1 is 1.05 bits per heavy atom. The van der Waals surface area contributed by atoms with Crippen molar-refractivity contribution in [3.63, 3.8) is 0 Å². The number of methoxy groups -OCH3 is 1. The van der Waals surface area contributed by atoms with Crippen molar-refractivity contribution in [3.05, 3.63) is 81.6 Å². The molecule has 0 heterocycles. The van der Waals surface area contributed by atoms with Gasteiger partial charge in [0.1, 0.15) is 17.3 Å². The molecular weight excluding hydrogens is 504 g/mol. The average Bonchev–Trinajstić information content (AvgIpc) is 2.91. The summed E-state index contributed by atoms with van der Waals surface area (Å²) in [6.07, 6.45) is 6.84. The molecule has 0 amide bonds. The summed E-state index contributed by atoms with van der Waals surface area (Å²) in [7, 11) is 3.25. The molecule has 40 heavy (non-hydrogen) atoms. The van der Waals surface area contributed by atoms with Crippen LogP contribution in [0.2, 0.25) is 0 Å². The van der Waals surface area contributed by atoms with E-state index >= 15 is 0 Å². The van der Waals surface area contributed by atoms with Gasteiger partial charge in [-0.2, -0.15) is 0 Å². The lowest BCUT2D eigenvalue weighted by Crippen LogP contribution is -2.15. The minimum atomic E-state index is 0.129. The molecule has 0 bridgehead atoms. The van der Waals surface area contributed by atoms with Crippen LogP contribution in [0.1, 0.15) is 74.0 Å². The number of ketones is 1. The molecule has 0 fully saturated rings. The maximum atomic E-state index is 12.2. The SMILES string of the molecule is CCNC1=CC/C(=C(\c2cc(C)c(NCC)cc2O)c2cc(OCCCC(C)=O)ccc2C=O)C=C1C.COC. The summed E-state index contributed by atoms with van der Waals surface area (Å²) in [6.45, 7) is 11.7. The van der Waals surface area contributed by atoms with Gasteiger partial charge in [0.25, 0.3) is 0 Å². The van der Waals surface area contributed by atoms with Crippen molar-refractivity contribution >= 4 is 23.3 Å². The van der Waals surface area contributed by atoms with Gasteiger partial charge < -0.3 is 30.0 Å². The fourth-order valence-electron chi connectivity index (χ4n) is 4.57. The van der Waals surface area contributed by atoms with E-state index in [9.17, 15) is 14.7 Å². The Balaban J connectivity index is 0.00000178. The lowest BCUT2D eigenvalue weighted by molar-refractivity contribution is -0.117. The number of phenols is 1. The number of rotatable bonds is 12. The van der Waals surface area contributed by atoms with Crippen LogP contribution < -0.4 is 15.4 Å². The van der Waals surface area contributed by atoms with Crippen molar-refractivity contribution in [1.82, 2.24) is 5.32 Å². The molecule has 3 N–H and O–H groups in total. The molecule has 0 saturated carbocycles. The monoisotopic (exact) mass is 548 g/mol. The van der Waals surface area contributed by atoms with E-state index < -0.39 is 0 Å². The Morgan fingerprint density at radius 3 is 2.35 bits per heavy atom. The Kier molecular flexibility index (Phi) is 13.2. The van der Waals surface area contributed by atoms with E-state index in [0.29, 0.717) is 48.3 Å². The third-order valence-electron chi connectivity index (χ3n) is 6.37. The number of ether oxygens (including phenoxy) is 2. The van der Waals surface area contributed by atoms with Crippen molar-refractivity contribution in [3.8, 4) is 11.5 Å². The van der Waals surface area contributed by atoms with Crippen molar-refractivity contribution < 1.29 is 24.2 Å². The van der Waals surface area contributed by atoms with E-state index in [1.54, 1.807) is 39.3 Å². The molecule has 0 unspecified atom stereocenters. The lowest BCUT2D eigenvalue weighted by Gasteiger charge is -2.22. The van der Waals surface area contributed by atoms with Gasteiger partial charge >= 0.3 is 0 Å². The highest BCUT2D eigenvalue weighted by molar-refractivity contribution is 5.95. The number of anilines is 1. The van der Waals surface area contributed by atoms with Crippen LogP contribution in [-0.2, 0) is 9.53 Å². The van der Waals surface area contributed by atoms with Gasteiger partial charge in [-0.1, -0.05) is 12.2 Å². The first-order chi connectivity index (χ1) is 19.2. The molecule has 2 aromatic rings. The zero-order chi connectivity index (χ0) is 29.7. The van der Waals surface area contributed by atoms with E-state index in [0.717, 1.165) is 53.0 Å². The normalized spacial score (nSPS) is 13.8. The van der Waals surface area contributed by atoms with Gasteiger partial charge in [0.2, 0.25) is 0 Å². The molecule has 0 aromatic heterocycles. The Hall–Kier alpha value is -3.84. The zero-order valence-electron chi connectivity index (χ0n) is 24.9.